The van der Waals surface area contributed by atoms with Crippen molar-refractivity contribution in [3.8, 4) is 0 Å². The molecule has 6 heteroatoms. The second-order valence-electron chi connectivity index (χ2n) is 4.07. The molecule has 0 atom stereocenters. The minimum atomic E-state index is -0.673. The molecule has 0 aliphatic rings. The summed E-state index contributed by atoms with van der Waals surface area (Å²) in [5.41, 5.74) is 6.50. The quantitative estimate of drug-likeness (QED) is 0.686. The van der Waals surface area contributed by atoms with Gasteiger partial charge in [-0.05, 0) is 29.8 Å². The van der Waals surface area contributed by atoms with Gasteiger partial charge < -0.3 is 10.5 Å². The summed E-state index contributed by atoms with van der Waals surface area (Å²) in [4.78, 5) is 11.9. The van der Waals surface area contributed by atoms with Crippen molar-refractivity contribution in [3.05, 3.63) is 63.4 Å². The first-order valence-corrected chi connectivity index (χ1v) is 6.39. The highest BCUT2D eigenvalue weighted by molar-refractivity contribution is 6.44. The first-order chi connectivity index (χ1) is 9.47. The van der Waals surface area contributed by atoms with E-state index in [-0.39, 0.29) is 22.2 Å². The van der Waals surface area contributed by atoms with Crippen LogP contribution < -0.4 is 5.73 Å². The number of carbonyl (C=O) groups excluding carboxylic acids is 1. The van der Waals surface area contributed by atoms with Crippen molar-refractivity contribution >= 4 is 34.9 Å². The lowest BCUT2D eigenvalue weighted by molar-refractivity contribution is 0.0472. The molecule has 0 unspecified atom stereocenters. The maximum Gasteiger partial charge on any atom is 0.340 e. The number of nitrogen functional groups attached to an aromatic ring is 1. The second kappa shape index (κ2) is 6.11. The second-order valence-corrected chi connectivity index (χ2v) is 4.86. The Kier molecular flexibility index (Phi) is 4.47. The Balaban J connectivity index is 2.13. The van der Waals surface area contributed by atoms with Gasteiger partial charge in [0.05, 0.1) is 15.6 Å². The average Bonchev–Trinajstić information content (AvgIpc) is 2.40. The summed E-state index contributed by atoms with van der Waals surface area (Å²) in [5, 5.41) is 0.245. The zero-order chi connectivity index (χ0) is 14.7. The van der Waals surface area contributed by atoms with E-state index in [4.69, 9.17) is 33.7 Å². The summed E-state index contributed by atoms with van der Waals surface area (Å²) in [6, 6.07) is 8.57. The number of halogens is 3. The first-order valence-electron chi connectivity index (χ1n) is 5.63. The Morgan fingerprint density at radius 1 is 1.25 bits per heavy atom. The third-order valence-electron chi connectivity index (χ3n) is 2.53. The van der Waals surface area contributed by atoms with E-state index in [2.05, 4.69) is 0 Å². The van der Waals surface area contributed by atoms with Gasteiger partial charge in [0.25, 0.3) is 0 Å². The van der Waals surface area contributed by atoms with Crippen LogP contribution in [0.25, 0.3) is 0 Å². The highest BCUT2D eigenvalue weighted by Crippen LogP contribution is 2.29. The molecule has 2 N–H and O–H groups in total. The molecule has 0 radical (unpaired) electrons. The van der Waals surface area contributed by atoms with Crippen LogP contribution in [-0.2, 0) is 11.3 Å². The third kappa shape index (κ3) is 3.40. The van der Waals surface area contributed by atoms with Crippen LogP contribution in [0.4, 0.5) is 10.1 Å². The van der Waals surface area contributed by atoms with Crippen LogP contribution in [-0.4, -0.2) is 5.97 Å². The highest BCUT2D eigenvalue weighted by Gasteiger charge is 2.15. The van der Waals surface area contributed by atoms with Gasteiger partial charge in [-0.1, -0.05) is 35.3 Å². The Hall–Kier alpha value is -1.78. The predicted octanol–water partition coefficient (Wildman–Crippen LogP) is 4.07. The number of benzene rings is 2. The van der Waals surface area contributed by atoms with Crippen LogP contribution in [0, 0.1) is 5.82 Å². The molecule has 0 bridgehead atoms. The lowest BCUT2D eigenvalue weighted by Crippen LogP contribution is -2.07. The molecule has 2 rings (SSSR count). The maximum atomic E-state index is 13.0. The number of nitrogens with two attached hydrogens (primary N) is 1. The van der Waals surface area contributed by atoms with Crippen molar-refractivity contribution in [1.82, 2.24) is 0 Å². The number of carbonyl (C=O) groups is 1. The third-order valence-corrected chi connectivity index (χ3v) is 3.33. The Morgan fingerprint density at radius 3 is 2.70 bits per heavy atom. The Bertz CT molecular complexity index is 662. The summed E-state index contributed by atoms with van der Waals surface area (Å²) in [6.07, 6.45) is 0. The van der Waals surface area contributed by atoms with Crippen LogP contribution >= 0.6 is 23.2 Å². The molecule has 0 fully saturated rings. The van der Waals surface area contributed by atoms with Gasteiger partial charge in [0, 0.05) is 5.69 Å². The molecule has 0 aliphatic heterocycles. The molecule has 2 aromatic carbocycles. The van der Waals surface area contributed by atoms with E-state index in [1.807, 2.05) is 0 Å². The molecule has 0 aliphatic carbocycles. The van der Waals surface area contributed by atoms with Crippen LogP contribution in [0.3, 0.4) is 0 Å². The number of rotatable bonds is 3. The normalized spacial score (nSPS) is 10.3. The van der Waals surface area contributed by atoms with E-state index in [1.54, 1.807) is 6.07 Å². The fourth-order valence-electron chi connectivity index (χ4n) is 1.61. The molecule has 3 nitrogen and oxygen atoms in total. The minimum absolute atomic E-state index is 0.0701. The van der Waals surface area contributed by atoms with Gasteiger partial charge in [0.15, 0.2) is 0 Å². The summed E-state index contributed by atoms with van der Waals surface area (Å²) < 4.78 is 18.0. The van der Waals surface area contributed by atoms with E-state index in [9.17, 15) is 9.18 Å². The van der Waals surface area contributed by atoms with Crippen LogP contribution in [0.5, 0.6) is 0 Å². The fraction of sp³-hybridized carbons (Fsp3) is 0.0714. The number of esters is 1. The topological polar surface area (TPSA) is 52.3 Å². The fourth-order valence-corrected chi connectivity index (χ4v) is 2.03. The number of anilines is 1. The molecule has 104 valence electrons. The average molecular weight is 314 g/mol. The van der Waals surface area contributed by atoms with Gasteiger partial charge in [-0.3, -0.25) is 0 Å². The maximum absolute atomic E-state index is 13.0. The smallest absolute Gasteiger partial charge is 0.340 e. The highest BCUT2D eigenvalue weighted by atomic mass is 35.5. The van der Waals surface area contributed by atoms with Gasteiger partial charge in [-0.25, -0.2) is 9.18 Å². The van der Waals surface area contributed by atoms with Crippen molar-refractivity contribution in [2.45, 2.75) is 6.61 Å². The summed E-state index contributed by atoms with van der Waals surface area (Å²) >= 11 is 11.8. The SMILES string of the molecule is Nc1cc(Cl)c(Cl)c(C(=O)OCc2cccc(F)c2)c1. The summed E-state index contributed by atoms with van der Waals surface area (Å²) in [7, 11) is 0. The van der Waals surface area contributed by atoms with E-state index in [1.165, 1.54) is 30.3 Å². The lowest BCUT2D eigenvalue weighted by Gasteiger charge is -2.08. The predicted molar refractivity (Wildman–Crippen MR) is 76.4 cm³/mol. The molecule has 0 saturated heterocycles. The van der Waals surface area contributed by atoms with Crippen LogP contribution in [0.1, 0.15) is 15.9 Å². The summed E-state index contributed by atoms with van der Waals surface area (Å²) in [6.45, 7) is -0.0701. The minimum Gasteiger partial charge on any atom is -0.457 e. The van der Waals surface area contributed by atoms with Gasteiger partial charge in [0.1, 0.15) is 12.4 Å². The van der Waals surface area contributed by atoms with Crippen molar-refractivity contribution in [1.29, 1.82) is 0 Å². The first kappa shape index (κ1) is 14.6. The van der Waals surface area contributed by atoms with E-state index >= 15 is 0 Å². The number of ether oxygens (including phenoxy) is 1. The van der Waals surface area contributed by atoms with Crippen molar-refractivity contribution in [3.63, 3.8) is 0 Å². The zero-order valence-corrected chi connectivity index (χ0v) is 11.7. The zero-order valence-electron chi connectivity index (χ0n) is 10.2. The standard InChI is InChI=1S/C14H10Cl2FNO2/c15-12-6-10(18)5-11(13(12)16)14(19)20-7-8-2-1-3-9(17)4-8/h1-6H,7,18H2. The largest absolute Gasteiger partial charge is 0.457 e. The molecular formula is C14H10Cl2FNO2. The van der Waals surface area contributed by atoms with E-state index in [0.29, 0.717) is 11.3 Å². The molecule has 20 heavy (non-hydrogen) atoms. The van der Waals surface area contributed by atoms with Gasteiger partial charge >= 0.3 is 5.97 Å². The molecule has 0 spiro atoms. The molecule has 0 saturated carbocycles. The molecule has 0 amide bonds. The van der Waals surface area contributed by atoms with E-state index in [0.717, 1.165) is 0 Å². The van der Waals surface area contributed by atoms with Crippen molar-refractivity contribution < 1.29 is 13.9 Å². The number of hydrogen-bond donors (Lipinski definition) is 1. The Labute approximate surface area is 125 Å². The van der Waals surface area contributed by atoms with Crippen molar-refractivity contribution in [2.75, 3.05) is 5.73 Å². The van der Waals surface area contributed by atoms with Gasteiger partial charge in [0.2, 0.25) is 0 Å². The molecule has 0 heterocycles. The molecular weight excluding hydrogens is 304 g/mol. The molecule has 2 aromatic rings. The van der Waals surface area contributed by atoms with Crippen LogP contribution in [0.2, 0.25) is 10.0 Å². The van der Waals surface area contributed by atoms with Gasteiger partial charge in [-0.15, -0.1) is 0 Å². The van der Waals surface area contributed by atoms with Crippen LogP contribution in [0.15, 0.2) is 36.4 Å². The molecule has 0 aromatic heterocycles. The summed E-state index contributed by atoms with van der Waals surface area (Å²) in [5.74, 6) is -1.07. The van der Waals surface area contributed by atoms with E-state index < -0.39 is 11.8 Å². The monoisotopic (exact) mass is 313 g/mol. The number of hydrogen-bond acceptors (Lipinski definition) is 3. The lowest BCUT2D eigenvalue weighted by atomic mass is 10.2. The Morgan fingerprint density at radius 2 is 2.00 bits per heavy atom. The van der Waals surface area contributed by atoms with Crippen molar-refractivity contribution in [2.24, 2.45) is 0 Å². The van der Waals surface area contributed by atoms with Gasteiger partial charge in [-0.2, -0.15) is 0 Å².